The summed E-state index contributed by atoms with van der Waals surface area (Å²) in [5.74, 6) is -1.47. The van der Waals surface area contributed by atoms with Crippen LogP contribution in [0, 0.1) is 17.2 Å². The second-order valence-electron chi connectivity index (χ2n) is 8.18. The van der Waals surface area contributed by atoms with Crippen LogP contribution in [0.4, 0.5) is 10.1 Å². The molecule has 2 aromatic rings. The Kier molecular flexibility index (Phi) is 7.87. The van der Waals surface area contributed by atoms with Gasteiger partial charge in [0, 0.05) is 29.1 Å². The van der Waals surface area contributed by atoms with Gasteiger partial charge in [0.25, 0.3) is 0 Å². The summed E-state index contributed by atoms with van der Waals surface area (Å²) in [6, 6.07) is 11.9. The van der Waals surface area contributed by atoms with Crippen molar-refractivity contribution in [3.63, 3.8) is 0 Å². The fourth-order valence-corrected chi connectivity index (χ4v) is 3.75. The van der Waals surface area contributed by atoms with Crippen molar-refractivity contribution < 1.29 is 9.18 Å². The molecule has 2 unspecified atom stereocenters. The van der Waals surface area contributed by atoms with E-state index in [0.29, 0.717) is 29.2 Å². The van der Waals surface area contributed by atoms with Gasteiger partial charge in [-0.3, -0.25) is 4.79 Å². The standard InChI is InChI=1S/C22H27Cl2FN2O/c1-22(2,3)12-17(21(28)27-15-8-5-7-14(23)11-15)18(13-26-4)16-9-6-10-19(24)20(16)25/h5-11,17-18,26H,12-13H2,1-4H3,(H,27,28). The highest BCUT2D eigenvalue weighted by atomic mass is 35.5. The highest BCUT2D eigenvalue weighted by molar-refractivity contribution is 6.31. The van der Waals surface area contributed by atoms with Gasteiger partial charge in [-0.25, -0.2) is 4.39 Å². The van der Waals surface area contributed by atoms with Crippen molar-refractivity contribution in [2.75, 3.05) is 18.9 Å². The number of likely N-dealkylation sites (N-methyl/N-ethyl adjacent to an activating group) is 1. The molecule has 0 fully saturated rings. The van der Waals surface area contributed by atoms with Gasteiger partial charge >= 0.3 is 0 Å². The Hall–Kier alpha value is -1.62. The summed E-state index contributed by atoms with van der Waals surface area (Å²) in [4.78, 5) is 13.3. The van der Waals surface area contributed by atoms with Crippen LogP contribution in [0.5, 0.6) is 0 Å². The first-order chi connectivity index (χ1) is 13.1. The summed E-state index contributed by atoms with van der Waals surface area (Å²) >= 11 is 12.0. The predicted molar refractivity (Wildman–Crippen MR) is 116 cm³/mol. The lowest BCUT2D eigenvalue weighted by Gasteiger charge is -2.32. The second-order valence-corrected chi connectivity index (χ2v) is 9.02. The first kappa shape index (κ1) is 22.7. The summed E-state index contributed by atoms with van der Waals surface area (Å²) < 4.78 is 14.8. The molecule has 0 aliphatic rings. The van der Waals surface area contributed by atoms with Gasteiger partial charge in [-0.15, -0.1) is 0 Å². The molecule has 0 saturated carbocycles. The third-order valence-electron chi connectivity index (χ3n) is 4.55. The fraction of sp³-hybridized carbons (Fsp3) is 0.409. The van der Waals surface area contributed by atoms with Gasteiger partial charge in [-0.1, -0.05) is 62.2 Å². The Bertz CT molecular complexity index is 820. The number of amides is 1. The van der Waals surface area contributed by atoms with Gasteiger partial charge in [0.15, 0.2) is 0 Å². The molecular formula is C22H27Cl2FN2O. The van der Waals surface area contributed by atoms with Gasteiger partial charge in [0.05, 0.1) is 5.02 Å². The molecule has 2 rings (SSSR count). The molecule has 2 N–H and O–H groups in total. The van der Waals surface area contributed by atoms with E-state index in [1.165, 1.54) is 6.07 Å². The summed E-state index contributed by atoms with van der Waals surface area (Å²) in [6.07, 6.45) is 0.581. The highest BCUT2D eigenvalue weighted by Gasteiger charge is 2.34. The largest absolute Gasteiger partial charge is 0.326 e. The van der Waals surface area contributed by atoms with Crippen LogP contribution >= 0.6 is 23.2 Å². The van der Waals surface area contributed by atoms with E-state index in [9.17, 15) is 9.18 Å². The van der Waals surface area contributed by atoms with Crippen molar-refractivity contribution >= 4 is 34.8 Å². The smallest absolute Gasteiger partial charge is 0.228 e. The number of halogens is 3. The average Bonchev–Trinajstić information content (AvgIpc) is 2.60. The van der Waals surface area contributed by atoms with Crippen molar-refractivity contribution in [3.05, 3.63) is 63.9 Å². The molecule has 0 bridgehead atoms. The molecule has 3 nitrogen and oxygen atoms in total. The minimum absolute atomic E-state index is 0.0587. The van der Waals surface area contributed by atoms with Gasteiger partial charge < -0.3 is 10.6 Å². The van der Waals surface area contributed by atoms with Crippen LogP contribution in [0.25, 0.3) is 0 Å². The zero-order valence-corrected chi connectivity index (χ0v) is 18.2. The number of anilines is 1. The molecule has 0 aliphatic carbocycles. The van der Waals surface area contributed by atoms with E-state index in [4.69, 9.17) is 23.2 Å². The molecular weight excluding hydrogens is 398 g/mol. The van der Waals surface area contributed by atoms with Crippen LogP contribution in [0.2, 0.25) is 10.0 Å². The van der Waals surface area contributed by atoms with E-state index in [2.05, 4.69) is 31.4 Å². The molecule has 2 aromatic carbocycles. The molecule has 1 amide bonds. The SMILES string of the molecule is CNCC(c1cccc(Cl)c1F)C(CC(C)(C)C)C(=O)Nc1cccc(Cl)c1. The van der Waals surface area contributed by atoms with Crippen molar-refractivity contribution in [1.82, 2.24) is 5.32 Å². The highest BCUT2D eigenvalue weighted by Crippen LogP contribution is 2.37. The molecule has 6 heteroatoms. The van der Waals surface area contributed by atoms with Crippen LogP contribution in [0.3, 0.4) is 0 Å². The minimum Gasteiger partial charge on any atom is -0.326 e. The Morgan fingerprint density at radius 1 is 1.14 bits per heavy atom. The Morgan fingerprint density at radius 2 is 1.82 bits per heavy atom. The molecule has 28 heavy (non-hydrogen) atoms. The number of benzene rings is 2. The Labute approximate surface area is 176 Å². The molecule has 152 valence electrons. The Morgan fingerprint density at radius 3 is 2.43 bits per heavy atom. The van der Waals surface area contributed by atoms with Gasteiger partial charge in [-0.2, -0.15) is 0 Å². The van der Waals surface area contributed by atoms with E-state index < -0.39 is 11.7 Å². The molecule has 0 saturated heterocycles. The molecule has 0 aromatic heterocycles. The topological polar surface area (TPSA) is 41.1 Å². The normalized spacial score (nSPS) is 13.8. The number of hydrogen-bond acceptors (Lipinski definition) is 2. The quantitative estimate of drug-likeness (QED) is 0.561. The van der Waals surface area contributed by atoms with Crippen molar-refractivity contribution in [1.29, 1.82) is 0 Å². The van der Waals surface area contributed by atoms with E-state index in [-0.39, 0.29) is 22.3 Å². The molecule has 2 atom stereocenters. The zero-order chi connectivity index (χ0) is 20.9. The molecule has 0 aliphatic heterocycles. The van der Waals surface area contributed by atoms with Crippen LogP contribution in [0.1, 0.15) is 38.7 Å². The third kappa shape index (κ3) is 6.20. The number of carbonyl (C=O) groups is 1. The first-order valence-corrected chi connectivity index (χ1v) is 10.0. The molecule has 0 heterocycles. The van der Waals surface area contributed by atoms with Crippen LogP contribution in [-0.2, 0) is 4.79 Å². The number of rotatable bonds is 7. The lowest BCUT2D eigenvalue weighted by molar-refractivity contribution is -0.121. The first-order valence-electron chi connectivity index (χ1n) is 9.27. The summed E-state index contributed by atoms with van der Waals surface area (Å²) in [6.45, 7) is 6.65. The van der Waals surface area contributed by atoms with Gasteiger partial charge in [0.1, 0.15) is 5.82 Å². The van der Waals surface area contributed by atoms with E-state index in [1.54, 1.807) is 43.4 Å². The summed E-state index contributed by atoms with van der Waals surface area (Å²) in [5.41, 5.74) is 0.931. The third-order valence-corrected chi connectivity index (χ3v) is 5.08. The maximum atomic E-state index is 14.8. The zero-order valence-electron chi connectivity index (χ0n) is 16.7. The average molecular weight is 425 g/mol. The summed E-state index contributed by atoms with van der Waals surface area (Å²) in [7, 11) is 1.79. The molecule has 0 spiro atoms. The monoisotopic (exact) mass is 424 g/mol. The van der Waals surface area contributed by atoms with E-state index in [0.717, 1.165) is 0 Å². The maximum Gasteiger partial charge on any atom is 0.228 e. The van der Waals surface area contributed by atoms with Crippen LogP contribution in [-0.4, -0.2) is 19.5 Å². The number of hydrogen-bond donors (Lipinski definition) is 2. The van der Waals surface area contributed by atoms with Gasteiger partial charge in [0.2, 0.25) is 5.91 Å². The van der Waals surface area contributed by atoms with Crippen molar-refractivity contribution in [2.24, 2.45) is 11.3 Å². The predicted octanol–water partition coefficient (Wildman–Crippen LogP) is 6.13. The second kappa shape index (κ2) is 9.73. The van der Waals surface area contributed by atoms with Crippen molar-refractivity contribution in [2.45, 2.75) is 33.1 Å². The maximum absolute atomic E-state index is 14.8. The minimum atomic E-state index is -0.473. The van der Waals surface area contributed by atoms with Crippen LogP contribution in [0.15, 0.2) is 42.5 Å². The lowest BCUT2D eigenvalue weighted by atomic mass is 9.75. The van der Waals surface area contributed by atoms with E-state index >= 15 is 0 Å². The van der Waals surface area contributed by atoms with Crippen molar-refractivity contribution in [3.8, 4) is 0 Å². The number of nitrogens with one attached hydrogen (secondary N) is 2. The number of carbonyl (C=O) groups excluding carboxylic acids is 1. The molecule has 0 radical (unpaired) electrons. The summed E-state index contributed by atoms with van der Waals surface area (Å²) in [5, 5.41) is 6.64. The van der Waals surface area contributed by atoms with Gasteiger partial charge in [-0.05, 0) is 48.7 Å². The lowest BCUT2D eigenvalue weighted by Crippen LogP contribution is -2.36. The fourth-order valence-electron chi connectivity index (χ4n) is 3.37. The van der Waals surface area contributed by atoms with E-state index in [1.807, 2.05) is 0 Å². The van der Waals surface area contributed by atoms with Crippen LogP contribution < -0.4 is 10.6 Å². The Balaban J connectivity index is 2.43.